The van der Waals surface area contributed by atoms with Crippen molar-refractivity contribution in [1.82, 2.24) is 10.3 Å². The van der Waals surface area contributed by atoms with Crippen molar-refractivity contribution in [3.8, 4) is 0 Å². The van der Waals surface area contributed by atoms with Crippen LogP contribution in [0.1, 0.15) is 33.6 Å². The van der Waals surface area contributed by atoms with Crippen LogP contribution in [0.4, 0.5) is 0 Å². The lowest BCUT2D eigenvalue weighted by Gasteiger charge is -2.17. The van der Waals surface area contributed by atoms with Crippen LogP contribution in [-0.4, -0.2) is 25.2 Å². The molecule has 0 aliphatic heterocycles. The fourth-order valence-corrected chi connectivity index (χ4v) is 4.35. The van der Waals surface area contributed by atoms with Gasteiger partial charge in [0.2, 0.25) is 0 Å². The zero-order valence-corrected chi connectivity index (χ0v) is 14.5. The van der Waals surface area contributed by atoms with Crippen molar-refractivity contribution >= 4 is 27.3 Å². The molecule has 0 fully saturated rings. The number of hydrogen-bond donors (Lipinski definition) is 1. The Morgan fingerprint density at radius 1 is 1.43 bits per heavy atom. The number of hydrogen-bond acceptors (Lipinski definition) is 4. The number of rotatable bonds is 6. The smallest absolute Gasteiger partial charge is 0.115 e. The minimum atomic E-state index is 0.147. The standard InChI is InChI=1S/C16H19BrN2OS/c1-20-9-8-18-15(11-4-2-5-12(17)10-11)16-19-13-6-3-7-14(13)21-16/h2,4-5,10,15,18H,3,6-9H2,1H3. The molecule has 1 atom stereocenters. The number of aromatic nitrogens is 1. The Morgan fingerprint density at radius 2 is 2.33 bits per heavy atom. The van der Waals surface area contributed by atoms with Crippen LogP contribution in [0, 0.1) is 0 Å². The van der Waals surface area contributed by atoms with Crippen LogP contribution in [0.3, 0.4) is 0 Å². The highest BCUT2D eigenvalue weighted by Gasteiger charge is 2.23. The number of methoxy groups -OCH3 is 1. The average molecular weight is 367 g/mol. The van der Waals surface area contributed by atoms with Gasteiger partial charge in [-0.15, -0.1) is 11.3 Å². The summed E-state index contributed by atoms with van der Waals surface area (Å²) in [5.41, 5.74) is 2.55. The monoisotopic (exact) mass is 366 g/mol. The van der Waals surface area contributed by atoms with E-state index in [1.165, 1.54) is 34.0 Å². The van der Waals surface area contributed by atoms with Gasteiger partial charge >= 0.3 is 0 Å². The van der Waals surface area contributed by atoms with Crippen molar-refractivity contribution in [2.45, 2.75) is 25.3 Å². The summed E-state index contributed by atoms with van der Waals surface area (Å²) in [6.45, 7) is 1.52. The first-order valence-electron chi connectivity index (χ1n) is 7.24. The Hall–Kier alpha value is -0.750. The van der Waals surface area contributed by atoms with Crippen molar-refractivity contribution in [1.29, 1.82) is 0 Å². The third kappa shape index (κ3) is 3.54. The second-order valence-corrected chi connectivity index (χ2v) is 7.24. The zero-order chi connectivity index (χ0) is 14.7. The van der Waals surface area contributed by atoms with E-state index in [2.05, 4.69) is 45.5 Å². The van der Waals surface area contributed by atoms with Gasteiger partial charge in [0.1, 0.15) is 5.01 Å². The van der Waals surface area contributed by atoms with Gasteiger partial charge in [0.25, 0.3) is 0 Å². The molecule has 1 aromatic heterocycles. The molecule has 0 spiro atoms. The fraction of sp³-hybridized carbons (Fsp3) is 0.438. The lowest BCUT2D eigenvalue weighted by molar-refractivity contribution is 0.197. The minimum Gasteiger partial charge on any atom is -0.383 e. The number of thiazole rings is 1. The molecular weight excluding hydrogens is 348 g/mol. The summed E-state index contributed by atoms with van der Waals surface area (Å²) < 4.78 is 6.26. The van der Waals surface area contributed by atoms with Crippen LogP contribution in [0.15, 0.2) is 28.7 Å². The van der Waals surface area contributed by atoms with E-state index >= 15 is 0 Å². The number of fused-ring (bicyclic) bond motifs is 1. The van der Waals surface area contributed by atoms with E-state index in [9.17, 15) is 0 Å². The topological polar surface area (TPSA) is 34.1 Å². The van der Waals surface area contributed by atoms with Gasteiger partial charge < -0.3 is 10.1 Å². The number of benzene rings is 1. The van der Waals surface area contributed by atoms with Crippen LogP contribution in [0.25, 0.3) is 0 Å². The molecule has 1 aromatic carbocycles. The molecule has 1 unspecified atom stereocenters. The maximum atomic E-state index is 5.16. The van der Waals surface area contributed by atoms with Crippen molar-refractivity contribution in [3.05, 3.63) is 49.9 Å². The predicted molar refractivity (Wildman–Crippen MR) is 90.0 cm³/mol. The number of nitrogens with one attached hydrogen (secondary N) is 1. The molecule has 0 saturated heterocycles. The fourth-order valence-electron chi connectivity index (χ4n) is 2.67. The molecule has 3 rings (SSSR count). The summed E-state index contributed by atoms with van der Waals surface area (Å²) in [6.07, 6.45) is 3.58. The first-order valence-corrected chi connectivity index (χ1v) is 8.85. The Labute approximate surface area is 137 Å². The quantitative estimate of drug-likeness (QED) is 0.791. The number of halogens is 1. The SMILES string of the molecule is COCCNC(c1cccc(Br)c1)c1nc2c(s1)CCC2. The van der Waals surface area contributed by atoms with Crippen LogP contribution < -0.4 is 5.32 Å². The van der Waals surface area contributed by atoms with E-state index in [0.29, 0.717) is 6.61 Å². The lowest BCUT2D eigenvalue weighted by Crippen LogP contribution is -2.26. The number of ether oxygens (including phenoxy) is 1. The van der Waals surface area contributed by atoms with Crippen LogP contribution in [0.5, 0.6) is 0 Å². The molecule has 1 aliphatic rings. The summed E-state index contributed by atoms with van der Waals surface area (Å²) in [5, 5.41) is 4.75. The first kappa shape index (κ1) is 15.2. The van der Waals surface area contributed by atoms with E-state index in [1.807, 2.05) is 11.3 Å². The maximum absolute atomic E-state index is 5.16. The van der Waals surface area contributed by atoms with Crippen molar-refractivity contribution in [2.24, 2.45) is 0 Å². The van der Waals surface area contributed by atoms with Gasteiger partial charge in [-0.1, -0.05) is 28.1 Å². The van der Waals surface area contributed by atoms with Crippen LogP contribution >= 0.6 is 27.3 Å². The van der Waals surface area contributed by atoms with Gasteiger partial charge in [0, 0.05) is 23.0 Å². The predicted octanol–water partition coefficient (Wildman–Crippen LogP) is 3.72. The summed E-state index contributed by atoms with van der Waals surface area (Å²) in [4.78, 5) is 6.35. The molecule has 1 heterocycles. The Bertz CT molecular complexity index is 593. The molecule has 1 N–H and O–H groups in total. The van der Waals surface area contributed by atoms with Gasteiger partial charge in [0.05, 0.1) is 18.3 Å². The third-order valence-electron chi connectivity index (χ3n) is 3.70. The normalized spacial score (nSPS) is 15.1. The average Bonchev–Trinajstić information content (AvgIpc) is 3.05. The van der Waals surface area contributed by atoms with Gasteiger partial charge in [-0.2, -0.15) is 0 Å². The largest absolute Gasteiger partial charge is 0.383 e. The Morgan fingerprint density at radius 3 is 3.10 bits per heavy atom. The highest BCUT2D eigenvalue weighted by Crippen LogP contribution is 2.33. The summed E-state index contributed by atoms with van der Waals surface area (Å²) in [5.74, 6) is 0. The molecule has 1 aliphatic carbocycles. The molecule has 0 radical (unpaired) electrons. The maximum Gasteiger partial charge on any atom is 0.115 e. The van der Waals surface area contributed by atoms with E-state index in [1.54, 1.807) is 7.11 Å². The van der Waals surface area contributed by atoms with Gasteiger partial charge in [-0.3, -0.25) is 0 Å². The Kier molecular flexibility index (Phi) is 5.06. The second kappa shape index (κ2) is 7.01. The van der Waals surface area contributed by atoms with Crippen molar-refractivity contribution in [3.63, 3.8) is 0 Å². The lowest BCUT2D eigenvalue weighted by atomic mass is 10.1. The zero-order valence-electron chi connectivity index (χ0n) is 12.1. The number of nitrogens with zero attached hydrogens (tertiary/aromatic N) is 1. The van der Waals surface area contributed by atoms with Gasteiger partial charge in [0.15, 0.2) is 0 Å². The molecule has 2 aromatic rings. The molecule has 0 amide bonds. The summed E-state index contributed by atoms with van der Waals surface area (Å²) >= 11 is 5.42. The van der Waals surface area contributed by atoms with E-state index in [0.717, 1.165) is 17.4 Å². The number of aryl methyl sites for hydroxylation is 2. The molecule has 0 bridgehead atoms. The minimum absolute atomic E-state index is 0.147. The molecule has 21 heavy (non-hydrogen) atoms. The van der Waals surface area contributed by atoms with Crippen LogP contribution in [0.2, 0.25) is 0 Å². The van der Waals surface area contributed by atoms with Crippen LogP contribution in [-0.2, 0) is 17.6 Å². The van der Waals surface area contributed by atoms with Crippen molar-refractivity contribution < 1.29 is 4.74 Å². The third-order valence-corrected chi connectivity index (χ3v) is 5.41. The van der Waals surface area contributed by atoms with Gasteiger partial charge in [-0.25, -0.2) is 4.98 Å². The van der Waals surface area contributed by atoms with E-state index in [-0.39, 0.29) is 6.04 Å². The summed E-state index contributed by atoms with van der Waals surface area (Å²) in [7, 11) is 1.73. The summed E-state index contributed by atoms with van der Waals surface area (Å²) in [6, 6.07) is 8.59. The first-order chi connectivity index (χ1) is 10.3. The second-order valence-electron chi connectivity index (χ2n) is 5.21. The molecular formula is C16H19BrN2OS. The Balaban J connectivity index is 1.87. The molecule has 0 saturated carbocycles. The highest BCUT2D eigenvalue weighted by atomic mass is 79.9. The molecule has 5 heteroatoms. The van der Waals surface area contributed by atoms with E-state index in [4.69, 9.17) is 9.72 Å². The van der Waals surface area contributed by atoms with E-state index < -0.39 is 0 Å². The molecule has 3 nitrogen and oxygen atoms in total. The van der Waals surface area contributed by atoms with Gasteiger partial charge in [-0.05, 0) is 37.0 Å². The molecule has 112 valence electrons. The van der Waals surface area contributed by atoms with Crippen molar-refractivity contribution in [2.75, 3.05) is 20.3 Å². The highest BCUT2D eigenvalue weighted by molar-refractivity contribution is 9.10.